The Morgan fingerprint density at radius 2 is 2.11 bits per heavy atom. The fraction of sp³-hybridized carbons (Fsp3) is 0.267. The first kappa shape index (κ1) is 12.0. The number of nitrogens with zero attached hydrogens (tertiary/aromatic N) is 1. The highest BCUT2D eigenvalue weighted by Crippen LogP contribution is 2.38. The van der Waals surface area contributed by atoms with Crippen LogP contribution in [0.1, 0.15) is 25.0 Å². The van der Waals surface area contributed by atoms with Gasteiger partial charge in [-0.3, -0.25) is 0 Å². The Morgan fingerprint density at radius 3 is 2.84 bits per heavy atom. The summed E-state index contributed by atoms with van der Waals surface area (Å²) >= 11 is 0. The minimum absolute atomic E-state index is 0.261. The quantitative estimate of drug-likeness (QED) is 0.896. The van der Waals surface area contributed by atoms with E-state index in [0.29, 0.717) is 18.2 Å². The number of ether oxygens (including phenoxy) is 2. The van der Waals surface area contributed by atoms with Gasteiger partial charge in [-0.2, -0.15) is 0 Å². The molecule has 0 saturated heterocycles. The minimum atomic E-state index is -0.261. The van der Waals surface area contributed by atoms with Crippen LogP contribution in [0.2, 0.25) is 0 Å². The van der Waals surface area contributed by atoms with Crippen molar-refractivity contribution in [2.24, 2.45) is 0 Å². The molecule has 1 aromatic carbocycles. The summed E-state index contributed by atoms with van der Waals surface area (Å²) < 4.78 is 11.5. The topological polar surface area (TPSA) is 57.4 Å². The number of nitrogen functional groups attached to an aromatic ring is 1. The summed E-state index contributed by atoms with van der Waals surface area (Å²) in [6.07, 6.45) is 1.58. The second-order valence-corrected chi connectivity index (χ2v) is 5.15. The van der Waals surface area contributed by atoms with Crippen LogP contribution in [-0.4, -0.2) is 4.98 Å². The third-order valence-corrected chi connectivity index (χ3v) is 3.30. The van der Waals surface area contributed by atoms with E-state index in [1.54, 1.807) is 18.3 Å². The number of hydrogen-bond acceptors (Lipinski definition) is 4. The normalized spacial score (nSPS) is 16.1. The first-order chi connectivity index (χ1) is 9.04. The number of benzene rings is 1. The molecule has 1 aliphatic rings. The van der Waals surface area contributed by atoms with Crippen molar-refractivity contribution in [1.29, 1.82) is 0 Å². The molecule has 0 aliphatic carbocycles. The second kappa shape index (κ2) is 4.24. The molecule has 1 aliphatic heterocycles. The van der Waals surface area contributed by atoms with Crippen LogP contribution in [-0.2, 0) is 16.9 Å². The summed E-state index contributed by atoms with van der Waals surface area (Å²) in [5.41, 5.74) is 8.33. The molecule has 0 atom stereocenters. The van der Waals surface area contributed by atoms with Gasteiger partial charge in [-0.05, 0) is 43.2 Å². The smallest absolute Gasteiger partial charge is 0.219 e. The van der Waals surface area contributed by atoms with Crippen molar-refractivity contribution >= 4 is 5.69 Å². The number of anilines is 1. The van der Waals surface area contributed by atoms with Gasteiger partial charge >= 0.3 is 0 Å². The summed E-state index contributed by atoms with van der Waals surface area (Å²) in [5, 5.41) is 0. The van der Waals surface area contributed by atoms with Crippen LogP contribution in [0.5, 0.6) is 11.6 Å². The summed E-state index contributed by atoms with van der Waals surface area (Å²) in [5.74, 6) is 1.29. The number of rotatable bonds is 2. The number of fused-ring (bicyclic) bond motifs is 1. The van der Waals surface area contributed by atoms with Crippen molar-refractivity contribution in [3.63, 3.8) is 0 Å². The van der Waals surface area contributed by atoms with Gasteiger partial charge in [0.2, 0.25) is 5.88 Å². The zero-order valence-electron chi connectivity index (χ0n) is 11.0. The maximum absolute atomic E-state index is 5.74. The first-order valence-electron chi connectivity index (χ1n) is 6.21. The Hall–Kier alpha value is -2.07. The lowest BCUT2D eigenvalue weighted by atomic mass is 9.96. The largest absolute Gasteiger partial charge is 0.439 e. The highest BCUT2D eigenvalue weighted by Gasteiger charge is 2.31. The van der Waals surface area contributed by atoms with E-state index in [1.807, 2.05) is 18.2 Å². The Labute approximate surface area is 112 Å². The number of nitrogens with two attached hydrogens (primary N) is 1. The summed E-state index contributed by atoms with van der Waals surface area (Å²) in [6.45, 7) is 4.77. The number of aromatic nitrogens is 1. The Balaban J connectivity index is 1.89. The molecule has 0 fully saturated rings. The maximum atomic E-state index is 5.74. The van der Waals surface area contributed by atoms with E-state index < -0.39 is 0 Å². The van der Waals surface area contributed by atoms with Crippen LogP contribution < -0.4 is 10.5 Å². The molecule has 4 heteroatoms. The van der Waals surface area contributed by atoms with Crippen molar-refractivity contribution < 1.29 is 9.47 Å². The molecule has 1 aromatic heterocycles. The molecule has 0 amide bonds. The van der Waals surface area contributed by atoms with Crippen LogP contribution >= 0.6 is 0 Å². The zero-order chi connectivity index (χ0) is 13.5. The molecule has 19 heavy (non-hydrogen) atoms. The minimum Gasteiger partial charge on any atom is -0.439 e. The van der Waals surface area contributed by atoms with Crippen LogP contribution in [0.4, 0.5) is 5.69 Å². The molecule has 0 saturated carbocycles. The van der Waals surface area contributed by atoms with Crippen molar-refractivity contribution in [2.45, 2.75) is 26.1 Å². The standard InChI is InChI=1S/C15H16N2O2/c1-15(2)13-7-12(5-3-10(13)9-18-15)19-14-6-4-11(16)8-17-14/h3-8H,9,16H2,1-2H3. The van der Waals surface area contributed by atoms with E-state index in [-0.39, 0.29) is 5.60 Å². The third kappa shape index (κ3) is 2.27. The molecule has 0 bridgehead atoms. The molecule has 0 spiro atoms. The van der Waals surface area contributed by atoms with E-state index in [4.69, 9.17) is 15.2 Å². The fourth-order valence-corrected chi connectivity index (χ4v) is 2.21. The van der Waals surface area contributed by atoms with E-state index in [2.05, 4.69) is 18.8 Å². The highest BCUT2D eigenvalue weighted by atomic mass is 16.5. The molecule has 3 rings (SSSR count). The van der Waals surface area contributed by atoms with Crippen molar-refractivity contribution in [1.82, 2.24) is 4.98 Å². The molecule has 98 valence electrons. The van der Waals surface area contributed by atoms with Crippen molar-refractivity contribution in [3.8, 4) is 11.6 Å². The Kier molecular flexibility index (Phi) is 2.68. The average Bonchev–Trinajstić information content (AvgIpc) is 2.69. The van der Waals surface area contributed by atoms with Gasteiger partial charge in [0.25, 0.3) is 0 Å². The number of pyridine rings is 1. The first-order valence-corrected chi connectivity index (χ1v) is 6.21. The van der Waals surface area contributed by atoms with Crippen LogP contribution in [0.15, 0.2) is 36.5 Å². The van der Waals surface area contributed by atoms with Crippen molar-refractivity contribution in [2.75, 3.05) is 5.73 Å². The van der Waals surface area contributed by atoms with Gasteiger partial charge in [0.1, 0.15) is 5.75 Å². The molecule has 0 unspecified atom stereocenters. The van der Waals surface area contributed by atoms with E-state index in [9.17, 15) is 0 Å². The predicted molar refractivity (Wildman–Crippen MR) is 73.0 cm³/mol. The Morgan fingerprint density at radius 1 is 1.26 bits per heavy atom. The van der Waals surface area contributed by atoms with E-state index in [1.165, 1.54) is 11.1 Å². The van der Waals surface area contributed by atoms with Gasteiger partial charge in [-0.25, -0.2) is 4.98 Å². The number of hydrogen-bond donors (Lipinski definition) is 1. The van der Waals surface area contributed by atoms with Crippen LogP contribution in [0.3, 0.4) is 0 Å². The molecule has 2 heterocycles. The van der Waals surface area contributed by atoms with Crippen LogP contribution in [0.25, 0.3) is 0 Å². The molecule has 2 N–H and O–H groups in total. The summed E-state index contributed by atoms with van der Waals surface area (Å²) in [6, 6.07) is 9.51. The van der Waals surface area contributed by atoms with E-state index in [0.717, 1.165) is 5.75 Å². The predicted octanol–water partition coefficient (Wildman–Crippen LogP) is 3.22. The zero-order valence-corrected chi connectivity index (χ0v) is 11.0. The fourth-order valence-electron chi connectivity index (χ4n) is 2.21. The molecule has 0 radical (unpaired) electrons. The lowest BCUT2D eigenvalue weighted by molar-refractivity contribution is -0.00794. The van der Waals surface area contributed by atoms with Gasteiger partial charge in [-0.1, -0.05) is 6.07 Å². The summed E-state index contributed by atoms with van der Waals surface area (Å²) in [7, 11) is 0. The second-order valence-electron chi connectivity index (χ2n) is 5.15. The average molecular weight is 256 g/mol. The van der Waals surface area contributed by atoms with Crippen molar-refractivity contribution in [3.05, 3.63) is 47.7 Å². The Bertz CT molecular complexity index is 606. The molecular formula is C15H16N2O2. The monoisotopic (exact) mass is 256 g/mol. The molecule has 4 nitrogen and oxygen atoms in total. The van der Waals surface area contributed by atoms with Gasteiger partial charge in [0, 0.05) is 6.07 Å². The van der Waals surface area contributed by atoms with Gasteiger partial charge in [0.05, 0.1) is 24.1 Å². The lowest BCUT2D eigenvalue weighted by Crippen LogP contribution is -2.14. The third-order valence-electron chi connectivity index (χ3n) is 3.30. The van der Waals surface area contributed by atoms with Gasteiger partial charge in [0.15, 0.2) is 0 Å². The highest BCUT2D eigenvalue weighted by molar-refractivity contribution is 5.42. The summed E-state index contributed by atoms with van der Waals surface area (Å²) in [4.78, 5) is 4.12. The lowest BCUT2D eigenvalue weighted by Gasteiger charge is -2.18. The molecule has 2 aromatic rings. The van der Waals surface area contributed by atoms with Gasteiger partial charge in [-0.15, -0.1) is 0 Å². The van der Waals surface area contributed by atoms with Gasteiger partial charge < -0.3 is 15.2 Å². The maximum Gasteiger partial charge on any atom is 0.219 e. The van der Waals surface area contributed by atoms with Crippen LogP contribution in [0, 0.1) is 0 Å². The molecular weight excluding hydrogens is 240 g/mol. The van der Waals surface area contributed by atoms with E-state index >= 15 is 0 Å². The SMILES string of the molecule is CC1(C)OCc2ccc(Oc3ccc(N)cn3)cc21.